The van der Waals surface area contributed by atoms with Gasteiger partial charge in [0.15, 0.2) is 0 Å². The number of carbonyl (C=O) groups excluding carboxylic acids is 2. The van der Waals surface area contributed by atoms with Crippen LogP contribution in [-0.2, 0) is 14.3 Å². The molecule has 1 saturated heterocycles. The molecular formula is C14H24N2O3. The van der Waals surface area contributed by atoms with Crippen LogP contribution >= 0.6 is 0 Å². The van der Waals surface area contributed by atoms with Gasteiger partial charge < -0.3 is 9.64 Å². The van der Waals surface area contributed by atoms with Gasteiger partial charge in [0.25, 0.3) is 0 Å². The van der Waals surface area contributed by atoms with Gasteiger partial charge in [-0.05, 0) is 26.8 Å². The highest BCUT2D eigenvalue weighted by Crippen LogP contribution is 2.17. The van der Waals surface area contributed by atoms with Crippen LogP contribution in [0.5, 0.6) is 0 Å². The summed E-state index contributed by atoms with van der Waals surface area (Å²) in [5, 5.41) is 0. The molecule has 0 aromatic rings. The lowest BCUT2D eigenvalue weighted by Crippen LogP contribution is -2.40. The largest absolute Gasteiger partial charge is 0.469 e. The molecule has 108 valence electrons. The van der Waals surface area contributed by atoms with Crippen molar-refractivity contribution in [3.8, 4) is 0 Å². The first-order chi connectivity index (χ1) is 8.97. The van der Waals surface area contributed by atoms with Crippen LogP contribution in [0, 0.1) is 5.92 Å². The van der Waals surface area contributed by atoms with Crippen molar-refractivity contribution < 1.29 is 14.3 Å². The Labute approximate surface area is 115 Å². The van der Waals surface area contributed by atoms with E-state index in [9.17, 15) is 9.59 Å². The number of amides is 1. The molecule has 0 radical (unpaired) electrons. The molecule has 1 unspecified atom stereocenters. The Morgan fingerprint density at radius 2 is 2.16 bits per heavy atom. The van der Waals surface area contributed by atoms with Crippen LogP contribution < -0.4 is 0 Å². The first kappa shape index (κ1) is 15.7. The van der Waals surface area contributed by atoms with Gasteiger partial charge in [0.2, 0.25) is 5.91 Å². The van der Waals surface area contributed by atoms with E-state index in [0.29, 0.717) is 26.2 Å². The van der Waals surface area contributed by atoms with Crippen LogP contribution in [0.1, 0.15) is 20.3 Å². The van der Waals surface area contributed by atoms with E-state index in [2.05, 4.69) is 6.58 Å². The molecule has 0 spiro atoms. The number of nitrogens with zero attached hydrogens (tertiary/aromatic N) is 2. The van der Waals surface area contributed by atoms with Crippen LogP contribution in [-0.4, -0.2) is 61.5 Å². The Hall–Kier alpha value is -1.36. The number of hydrogen-bond donors (Lipinski definition) is 0. The Morgan fingerprint density at radius 1 is 1.47 bits per heavy atom. The molecule has 1 heterocycles. The SMILES string of the molecule is C=C(C)CN(CC)C(=O)CN1CCC(C(=O)OC)C1. The summed E-state index contributed by atoms with van der Waals surface area (Å²) in [6, 6.07) is 0. The van der Waals surface area contributed by atoms with E-state index < -0.39 is 0 Å². The van der Waals surface area contributed by atoms with Crippen molar-refractivity contribution in [2.45, 2.75) is 20.3 Å². The molecular weight excluding hydrogens is 244 g/mol. The number of ether oxygens (including phenoxy) is 1. The van der Waals surface area contributed by atoms with E-state index in [1.807, 2.05) is 18.7 Å². The van der Waals surface area contributed by atoms with E-state index in [1.54, 1.807) is 4.90 Å². The standard InChI is InChI=1S/C14H24N2O3/c1-5-16(8-11(2)3)13(17)10-15-7-6-12(9-15)14(18)19-4/h12H,2,5-10H2,1,3-4H3. The van der Waals surface area contributed by atoms with Gasteiger partial charge in [-0.2, -0.15) is 0 Å². The quantitative estimate of drug-likeness (QED) is 0.530. The van der Waals surface area contributed by atoms with E-state index in [4.69, 9.17) is 4.74 Å². The van der Waals surface area contributed by atoms with Gasteiger partial charge in [-0.3, -0.25) is 14.5 Å². The smallest absolute Gasteiger partial charge is 0.310 e. The van der Waals surface area contributed by atoms with Crippen molar-refractivity contribution in [2.24, 2.45) is 5.92 Å². The van der Waals surface area contributed by atoms with E-state index in [1.165, 1.54) is 7.11 Å². The van der Waals surface area contributed by atoms with Crippen molar-refractivity contribution >= 4 is 11.9 Å². The number of likely N-dealkylation sites (N-methyl/N-ethyl adjacent to an activating group) is 1. The lowest BCUT2D eigenvalue weighted by molar-refractivity contribution is -0.145. The maximum atomic E-state index is 12.1. The third-order valence-corrected chi connectivity index (χ3v) is 3.36. The van der Waals surface area contributed by atoms with Crippen LogP contribution in [0.3, 0.4) is 0 Å². The zero-order valence-electron chi connectivity index (χ0n) is 12.1. The summed E-state index contributed by atoms with van der Waals surface area (Å²) in [7, 11) is 1.40. The molecule has 1 aliphatic heterocycles. The summed E-state index contributed by atoms with van der Waals surface area (Å²) in [6.07, 6.45) is 0.770. The Bertz CT molecular complexity index is 355. The second-order valence-electron chi connectivity index (χ2n) is 5.11. The van der Waals surface area contributed by atoms with Gasteiger partial charge in [-0.25, -0.2) is 0 Å². The van der Waals surface area contributed by atoms with Crippen molar-refractivity contribution in [1.29, 1.82) is 0 Å². The molecule has 1 fully saturated rings. The van der Waals surface area contributed by atoms with Gasteiger partial charge in [0, 0.05) is 19.6 Å². The molecule has 0 aromatic carbocycles. The molecule has 1 atom stereocenters. The molecule has 5 nitrogen and oxygen atoms in total. The first-order valence-electron chi connectivity index (χ1n) is 6.70. The second-order valence-corrected chi connectivity index (χ2v) is 5.11. The zero-order chi connectivity index (χ0) is 14.4. The third kappa shape index (κ3) is 4.67. The highest BCUT2D eigenvalue weighted by atomic mass is 16.5. The van der Waals surface area contributed by atoms with Gasteiger partial charge in [-0.15, -0.1) is 0 Å². The lowest BCUT2D eigenvalue weighted by atomic mass is 10.1. The summed E-state index contributed by atoms with van der Waals surface area (Å²) in [4.78, 5) is 27.4. The fourth-order valence-corrected chi connectivity index (χ4v) is 2.33. The highest BCUT2D eigenvalue weighted by molar-refractivity contribution is 5.79. The zero-order valence-corrected chi connectivity index (χ0v) is 12.1. The average Bonchev–Trinajstić information content (AvgIpc) is 2.83. The minimum atomic E-state index is -0.177. The summed E-state index contributed by atoms with van der Waals surface area (Å²) < 4.78 is 4.74. The van der Waals surface area contributed by atoms with Crippen molar-refractivity contribution in [3.63, 3.8) is 0 Å². The van der Waals surface area contributed by atoms with E-state index >= 15 is 0 Å². The number of carbonyl (C=O) groups is 2. The summed E-state index contributed by atoms with van der Waals surface area (Å²) in [5.41, 5.74) is 0.976. The second kappa shape index (κ2) is 7.28. The minimum Gasteiger partial charge on any atom is -0.469 e. The highest BCUT2D eigenvalue weighted by Gasteiger charge is 2.30. The minimum absolute atomic E-state index is 0.0889. The van der Waals surface area contributed by atoms with Gasteiger partial charge >= 0.3 is 5.97 Å². The summed E-state index contributed by atoms with van der Waals surface area (Å²) in [6.45, 7) is 10.7. The van der Waals surface area contributed by atoms with E-state index in [-0.39, 0.29) is 17.8 Å². The molecule has 19 heavy (non-hydrogen) atoms. The van der Waals surface area contributed by atoms with Crippen molar-refractivity contribution in [3.05, 3.63) is 12.2 Å². The Morgan fingerprint density at radius 3 is 2.68 bits per heavy atom. The maximum absolute atomic E-state index is 12.1. The van der Waals surface area contributed by atoms with E-state index in [0.717, 1.165) is 18.5 Å². The van der Waals surface area contributed by atoms with Crippen LogP contribution in [0.4, 0.5) is 0 Å². The topological polar surface area (TPSA) is 49.9 Å². The summed E-state index contributed by atoms with van der Waals surface area (Å²) >= 11 is 0. The molecule has 0 N–H and O–H groups in total. The number of rotatable bonds is 6. The van der Waals surface area contributed by atoms with Crippen LogP contribution in [0.2, 0.25) is 0 Å². The molecule has 5 heteroatoms. The van der Waals surface area contributed by atoms with Gasteiger partial charge in [0.05, 0.1) is 19.6 Å². The third-order valence-electron chi connectivity index (χ3n) is 3.36. The fourth-order valence-electron chi connectivity index (χ4n) is 2.33. The Balaban J connectivity index is 2.45. The molecule has 0 aliphatic carbocycles. The number of methoxy groups -OCH3 is 1. The van der Waals surface area contributed by atoms with Crippen LogP contribution in [0.25, 0.3) is 0 Å². The molecule has 1 amide bonds. The number of esters is 1. The molecule has 0 saturated carbocycles. The lowest BCUT2D eigenvalue weighted by Gasteiger charge is -2.24. The molecule has 1 rings (SSSR count). The Kier molecular flexibility index (Phi) is 6.02. The maximum Gasteiger partial charge on any atom is 0.310 e. The monoisotopic (exact) mass is 268 g/mol. The molecule has 0 aromatic heterocycles. The molecule has 1 aliphatic rings. The van der Waals surface area contributed by atoms with Gasteiger partial charge in [0.1, 0.15) is 0 Å². The number of hydrogen-bond acceptors (Lipinski definition) is 4. The predicted molar refractivity (Wildman–Crippen MR) is 73.6 cm³/mol. The predicted octanol–water partition coefficient (Wildman–Crippen LogP) is 0.906. The number of likely N-dealkylation sites (tertiary alicyclic amines) is 1. The van der Waals surface area contributed by atoms with Crippen molar-refractivity contribution in [2.75, 3.05) is 39.8 Å². The molecule has 0 bridgehead atoms. The average molecular weight is 268 g/mol. The normalized spacial score (nSPS) is 19.2. The van der Waals surface area contributed by atoms with Crippen LogP contribution in [0.15, 0.2) is 12.2 Å². The van der Waals surface area contributed by atoms with Crippen molar-refractivity contribution in [1.82, 2.24) is 9.80 Å². The first-order valence-corrected chi connectivity index (χ1v) is 6.70. The summed E-state index contributed by atoms with van der Waals surface area (Å²) in [5.74, 6) is -0.172. The fraction of sp³-hybridized carbons (Fsp3) is 0.714. The van der Waals surface area contributed by atoms with Gasteiger partial charge in [-0.1, -0.05) is 12.2 Å².